The number of nitrogens with zero attached hydrogens (tertiary/aromatic N) is 1. The Hall–Kier alpha value is -3.00. The zero-order valence-corrected chi connectivity index (χ0v) is 15.5. The van der Waals surface area contributed by atoms with Gasteiger partial charge in [0.15, 0.2) is 5.11 Å². The van der Waals surface area contributed by atoms with Gasteiger partial charge in [0.25, 0.3) is 12.4 Å². The maximum atomic E-state index is 11.6. The van der Waals surface area contributed by atoms with Crippen LogP contribution in [0.15, 0.2) is 34.5 Å². The number of rotatable bonds is 5. The highest BCUT2D eigenvalue weighted by molar-refractivity contribution is 7.80. The molecular formula is C18H19N3O4S. The molecule has 0 unspecified atom stereocenters. The number of hydrogen-bond donors (Lipinski definition) is 2. The second kappa shape index (κ2) is 8.91. The van der Waals surface area contributed by atoms with E-state index >= 15 is 0 Å². The summed E-state index contributed by atoms with van der Waals surface area (Å²) in [6, 6.07) is 5.60. The second-order valence-electron chi connectivity index (χ2n) is 5.08. The lowest BCUT2D eigenvalue weighted by Crippen LogP contribution is -2.21. The van der Waals surface area contributed by atoms with Crippen molar-refractivity contribution in [2.45, 2.75) is 27.4 Å². The quantitative estimate of drug-likeness (QED) is 0.473. The van der Waals surface area contributed by atoms with Gasteiger partial charge in [-0.3, -0.25) is 14.9 Å². The second-order valence-corrected chi connectivity index (χ2v) is 5.49. The fourth-order valence-corrected chi connectivity index (χ4v) is 2.40. The number of hydrogen-bond acceptors (Lipinski definition) is 6. The van der Waals surface area contributed by atoms with E-state index in [1.54, 1.807) is 0 Å². The van der Waals surface area contributed by atoms with Gasteiger partial charge in [0.2, 0.25) is 5.89 Å². The summed E-state index contributed by atoms with van der Waals surface area (Å²) in [5, 5.41) is 5.46. The van der Waals surface area contributed by atoms with E-state index in [1.807, 2.05) is 39.0 Å². The van der Waals surface area contributed by atoms with Gasteiger partial charge in [-0.1, -0.05) is 19.9 Å². The lowest BCUT2D eigenvalue weighted by atomic mass is 10.1. The van der Waals surface area contributed by atoms with Crippen LogP contribution in [-0.2, 0) is 20.9 Å². The molecule has 1 aliphatic rings. The van der Waals surface area contributed by atoms with Crippen molar-refractivity contribution >= 4 is 35.8 Å². The van der Waals surface area contributed by atoms with Crippen molar-refractivity contribution in [3.8, 4) is 11.5 Å². The van der Waals surface area contributed by atoms with Gasteiger partial charge in [0, 0.05) is 11.6 Å². The molecule has 0 atom stereocenters. The highest BCUT2D eigenvalue weighted by Crippen LogP contribution is 2.23. The Morgan fingerprint density at radius 1 is 1.31 bits per heavy atom. The molecular weight excluding hydrogens is 354 g/mol. The normalized spacial score (nSPS) is 14.3. The van der Waals surface area contributed by atoms with Gasteiger partial charge < -0.3 is 14.5 Å². The minimum atomic E-state index is -0.318. The molecule has 8 heteroatoms. The van der Waals surface area contributed by atoms with Crippen LogP contribution >= 0.6 is 12.2 Å². The molecule has 1 aromatic carbocycles. The number of benzene rings is 1. The third kappa shape index (κ3) is 4.54. The van der Waals surface area contributed by atoms with Crippen LogP contribution in [-0.4, -0.2) is 22.5 Å². The van der Waals surface area contributed by atoms with Crippen molar-refractivity contribution < 1.29 is 18.7 Å². The van der Waals surface area contributed by atoms with Gasteiger partial charge in [-0.15, -0.1) is 0 Å². The monoisotopic (exact) mass is 373 g/mol. The van der Waals surface area contributed by atoms with Crippen molar-refractivity contribution in [3.05, 3.63) is 47.0 Å². The molecule has 3 rings (SSSR count). The minimum absolute atomic E-state index is 0.183. The van der Waals surface area contributed by atoms with Gasteiger partial charge in [-0.2, -0.15) is 0 Å². The first-order chi connectivity index (χ1) is 12.6. The van der Waals surface area contributed by atoms with E-state index in [1.165, 1.54) is 12.3 Å². The molecule has 0 aliphatic carbocycles. The molecule has 7 nitrogen and oxygen atoms in total. The van der Waals surface area contributed by atoms with Gasteiger partial charge in [-0.05, 0) is 42.4 Å². The summed E-state index contributed by atoms with van der Waals surface area (Å²) < 4.78 is 10.5. The van der Waals surface area contributed by atoms with Crippen molar-refractivity contribution in [2.75, 3.05) is 0 Å². The first-order valence-electron chi connectivity index (χ1n) is 8.02. The molecule has 136 valence electrons. The van der Waals surface area contributed by atoms with Crippen LogP contribution in [0.4, 0.5) is 0 Å². The lowest BCUT2D eigenvalue weighted by Gasteiger charge is -2.06. The van der Waals surface area contributed by atoms with E-state index in [0.29, 0.717) is 23.8 Å². The Morgan fingerprint density at radius 3 is 2.73 bits per heavy atom. The minimum Gasteiger partial charge on any atom is -0.463 e. The van der Waals surface area contributed by atoms with Crippen LogP contribution in [0.3, 0.4) is 0 Å². The number of thiocarbonyl (C=S) groups is 1. The van der Waals surface area contributed by atoms with E-state index < -0.39 is 0 Å². The molecule has 2 N–H and O–H groups in total. The fourth-order valence-electron chi connectivity index (χ4n) is 2.20. The Labute approximate surface area is 156 Å². The van der Waals surface area contributed by atoms with E-state index in [4.69, 9.17) is 21.4 Å². The number of carbonyl (C=O) groups is 2. The third-order valence-corrected chi connectivity index (χ3v) is 3.64. The predicted octanol–water partition coefficient (Wildman–Crippen LogP) is 2.69. The van der Waals surface area contributed by atoms with Gasteiger partial charge >= 0.3 is 0 Å². The van der Waals surface area contributed by atoms with E-state index in [0.717, 1.165) is 16.7 Å². The maximum Gasteiger partial charge on any atom is 0.293 e. The standard InChI is InChI=1S/C16H13N3O4S.C2H6/c1-9-2-3-10(4-11(9)7-22-8-20)15-17-6-12(23-15)5-13-14(21)19-16(24)18-13;1-2/h2-6,8H,7H2,1H3,(H2,18,19,21,24);1-2H3/b13-5-;. The van der Waals surface area contributed by atoms with E-state index in [2.05, 4.69) is 15.6 Å². The molecule has 0 spiro atoms. The summed E-state index contributed by atoms with van der Waals surface area (Å²) in [5.41, 5.74) is 2.90. The molecule has 0 saturated carbocycles. The summed E-state index contributed by atoms with van der Waals surface area (Å²) in [4.78, 5) is 26.2. The number of aryl methyl sites for hydroxylation is 1. The molecule has 1 saturated heterocycles. The predicted molar refractivity (Wildman–Crippen MR) is 101 cm³/mol. The Balaban J connectivity index is 0.00000117. The summed E-state index contributed by atoms with van der Waals surface area (Å²) in [6.45, 7) is 6.51. The van der Waals surface area contributed by atoms with Crippen molar-refractivity contribution in [2.24, 2.45) is 0 Å². The third-order valence-electron chi connectivity index (χ3n) is 3.43. The fraction of sp³-hybridized carbons (Fsp3) is 0.222. The molecule has 1 aromatic heterocycles. The average molecular weight is 373 g/mol. The first-order valence-corrected chi connectivity index (χ1v) is 8.42. The first kappa shape index (κ1) is 19.3. The van der Waals surface area contributed by atoms with Crippen LogP contribution in [0.5, 0.6) is 0 Å². The van der Waals surface area contributed by atoms with Crippen LogP contribution in [0.25, 0.3) is 17.5 Å². The van der Waals surface area contributed by atoms with Crippen molar-refractivity contribution in [1.29, 1.82) is 0 Å². The summed E-state index contributed by atoms with van der Waals surface area (Å²) in [5.74, 6) is 0.496. The maximum absolute atomic E-state index is 11.6. The van der Waals surface area contributed by atoms with Crippen LogP contribution in [0, 0.1) is 6.92 Å². The largest absolute Gasteiger partial charge is 0.463 e. The molecule has 26 heavy (non-hydrogen) atoms. The molecule has 2 heterocycles. The molecule has 1 aliphatic heterocycles. The lowest BCUT2D eigenvalue weighted by molar-refractivity contribution is -0.129. The molecule has 1 amide bonds. The van der Waals surface area contributed by atoms with Gasteiger partial charge in [0.05, 0.1) is 6.20 Å². The van der Waals surface area contributed by atoms with Crippen molar-refractivity contribution in [3.63, 3.8) is 0 Å². The molecule has 0 radical (unpaired) electrons. The number of nitrogens with one attached hydrogen (secondary N) is 2. The average Bonchev–Trinajstić information content (AvgIpc) is 3.22. The number of amides is 1. The van der Waals surface area contributed by atoms with Crippen LogP contribution in [0.1, 0.15) is 30.7 Å². The van der Waals surface area contributed by atoms with Crippen LogP contribution in [0.2, 0.25) is 0 Å². The summed E-state index contributed by atoms with van der Waals surface area (Å²) in [6.07, 6.45) is 3.04. The van der Waals surface area contributed by atoms with Gasteiger partial charge in [0.1, 0.15) is 18.1 Å². The number of oxazole rings is 1. The highest BCUT2D eigenvalue weighted by Gasteiger charge is 2.20. The zero-order valence-electron chi connectivity index (χ0n) is 14.7. The number of carbonyl (C=O) groups excluding carboxylic acids is 2. The number of aromatic nitrogens is 1. The Morgan fingerprint density at radius 2 is 2.08 bits per heavy atom. The van der Waals surface area contributed by atoms with Gasteiger partial charge in [-0.25, -0.2) is 4.98 Å². The molecule has 2 aromatic rings. The molecule has 1 fully saturated rings. The van der Waals surface area contributed by atoms with E-state index in [9.17, 15) is 9.59 Å². The Kier molecular flexibility index (Phi) is 6.62. The Bertz CT molecular complexity index is 858. The SMILES string of the molecule is CC.Cc1ccc(-c2ncc(/C=C3\NC(=S)NC3=O)o2)cc1COC=O. The van der Waals surface area contributed by atoms with Crippen LogP contribution < -0.4 is 10.6 Å². The summed E-state index contributed by atoms with van der Waals surface area (Å²) in [7, 11) is 0. The highest BCUT2D eigenvalue weighted by atomic mass is 32.1. The zero-order chi connectivity index (χ0) is 19.1. The van der Waals surface area contributed by atoms with E-state index in [-0.39, 0.29) is 17.6 Å². The summed E-state index contributed by atoms with van der Waals surface area (Å²) >= 11 is 4.87. The molecule has 0 bridgehead atoms. The smallest absolute Gasteiger partial charge is 0.293 e. The van der Waals surface area contributed by atoms with Crippen molar-refractivity contribution in [1.82, 2.24) is 15.6 Å². The number of ether oxygens (including phenoxy) is 1. The topological polar surface area (TPSA) is 93.5 Å².